The van der Waals surface area contributed by atoms with Crippen molar-refractivity contribution in [3.05, 3.63) is 51.9 Å². The number of ketones is 1. The average molecular weight is 856 g/mol. The predicted octanol–water partition coefficient (Wildman–Crippen LogP) is 8.02. The number of carboxylic acid groups (broad SMARTS) is 1. The van der Waals surface area contributed by atoms with Crippen LogP contribution in [-0.4, -0.2) is 53.1 Å². The van der Waals surface area contributed by atoms with Crippen molar-refractivity contribution in [3.8, 4) is 0 Å². The smallest absolute Gasteiger partial charge is 0.481 e. The van der Waals surface area contributed by atoms with E-state index in [9.17, 15) is 27.6 Å². The molecule has 0 spiro atoms. The van der Waals surface area contributed by atoms with Gasteiger partial charge in [-0.15, -0.1) is 5.57 Å². The van der Waals surface area contributed by atoms with Crippen molar-refractivity contribution in [2.45, 2.75) is 78.3 Å². The molecule has 0 heterocycles. The molecule has 12 heteroatoms. The number of hydrogen-bond donors (Lipinski definition) is 2. The van der Waals surface area contributed by atoms with E-state index in [0.29, 0.717) is 6.21 Å². The van der Waals surface area contributed by atoms with Crippen molar-refractivity contribution in [1.29, 1.82) is 5.41 Å². The number of Topliss-reactive ketones (excluding diaryl/α,β-unsaturated/α-hetero) is 1. The minimum atomic E-state index is -4.83. The van der Waals surface area contributed by atoms with Crippen LogP contribution in [0, 0.1) is 65.8 Å². The second-order valence-corrected chi connectivity index (χ2v) is 12.5. The molecule has 2 N–H and O–H groups in total. The Morgan fingerprint density at radius 1 is 1.19 bits per heavy atom. The summed E-state index contributed by atoms with van der Waals surface area (Å²) in [5.74, 6) is -2.01. The van der Waals surface area contributed by atoms with Crippen LogP contribution in [-0.2, 0) is 9.59 Å². The van der Waals surface area contributed by atoms with Crippen LogP contribution in [0.2, 0.25) is 10.0 Å². The summed E-state index contributed by atoms with van der Waals surface area (Å²) in [6.07, 6.45) is 4.51. The van der Waals surface area contributed by atoms with E-state index in [4.69, 9.17) is 33.7 Å². The summed E-state index contributed by atoms with van der Waals surface area (Å²) in [5, 5.41) is 16.5. The van der Waals surface area contributed by atoms with Crippen molar-refractivity contribution in [2.24, 2.45) is 16.7 Å². The van der Waals surface area contributed by atoms with Crippen LogP contribution in [0.15, 0.2) is 23.8 Å². The second-order valence-electron chi connectivity index (χ2n) is 11.6. The van der Waals surface area contributed by atoms with Crippen molar-refractivity contribution in [1.82, 2.24) is 4.90 Å². The zero-order valence-electron chi connectivity index (χ0n) is 24.0. The van der Waals surface area contributed by atoms with Crippen LogP contribution in [0.1, 0.15) is 82.5 Å². The SMILES string of the molecule is CC1(C)C[CH-]CC[C@H]1C(=O)O.CC1(CN(CCCC(=O)c2c(Cl)cccc2Cl)C(=O)C(=[C-]C(F)(F)F)C=N)CCC1.[U+2]. The number of benzene rings is 1. The fraction of sp³-hybridized carbons (Fsp3) is 0.567. The number of nitrogens with zero attached hydrogens (tertiary/aromatic N) is 1. The Morgan fingerprint density at radius 2 is 1.79 bits per heavy atom. The first-order valence-corrected chi connectivity index (χ1v) is 14.3. The van der Waals surface area contributed by atoms with Crippen LogP contribution >= 0.6 is 23.2 Å². The van der Waals surface area contributed by atoms with Crippen molar-refractivity contribution >= 4 is 47.1 Å². The predicted molar refractivity (Wildman–Crippen MR) is 153 cm³/mol. The van der Waals surface area contributed by atoms with Gasteiger partial charge in [-0.3, -0.25) is 9.59 Å². The topological polar surface area (TPSA) is 98.5 Å². The quantitative estimate of drug-likeness (QED) is 0.108. The Hall–Kier alpha value is -1.34. The molecule has 0 radical (unpaired) electrons. The molecule has 0 aliphatic heterocycles. The van der Waals surface area contributed by atoms with Crippen LogP contribution in [0.25, 0.3) is 0 Å². The van der Waals surface area contributed by atoms with Gasteiger partial charge in [0.25, 0.3) is 0 Å². The maximum Gasteiger partial charge on any atom is 2.00 e. The Morgan fingerprint density at radius 3 is 2.21 bits per heavy atom. The molecule has 230 valence electrons. The largest absolute Gasteiger partial charge is 2.00 e. The summed E-state index contributed by atoms with van der Waals surface area (Å²) in [6, 6.07) is 4.70. The van der Waals surface area contributed by atoms with E-state index in [1.807, 2.05) is 20.8 Å². The molecule has 0 saturated heterocycles. The first kappa shape index (κ1) is 38.7. The monoisotopic (exact) mass is 854 g/mol. The van der Waals surface area contributed by atoms with E-state index in [1.165, 1.54) is 4.90 Å². The maximum absolute atomic E-state index is 12.7. The number of allylic oxidation sites excluding steroid dienone is 1. The Kier molecular flexibility index (Phi) is 15.3. The van der Waals surface area contributed by atoms with E-state index in [1.54, 1.807) is 18.2 Å². The normalized spacial score (nSPS) is 19.2. The molecule has 3 rings (SSSR count). The summed E-state index contributed by atoms with van der Waals surface area (Å²) in [7, 11) is 0. The van der Waals surface area contributed by atoms with E-state index >= 15 is 0 Å². The van der Waals surface area contributed by atoms with Gasteiger partial charge in [0.05, 0.1) is 21.5 Å². The minimum absolute atomic E-state index is 0. The fourth-order valence-corrected chi connectivity index (χ4v) is 5.80. The number of carbonyl (C=O) groups is 3. The number of rotatable bonds is 10. The summed E-state index contributed by atoms with van der Waals surface area (Å²) in [5.41, 5.74) is -0.887. The zero-order chi connectivity index (χ0) is 31.0. The minimum Gasteiger partial charge on any atom is -0.481 e. The average Bonchev–Trinajstić information content (AvgIpc) is 2.84. The second kappa shape index (κ2) is 16.7. The molecule has 2 saturated carbocycles. The molecule has 2 fully saturated rings. The summed E-state index contributed by atoms with van der Waals surface area (Å²) < 4.78 is 38.0. The van der Waals surface area contributed by atoms with Gasteiger partial charge in [-0.05, 0) is 42.2 Å². The summed E-state index contributed by atoms with van der Waals surface area (Å²) >= 11 is 12.1. The fourth-order valence-electron chi connectivity index (χ4n) is 5.19. The van der Waals surface area contributed by atoms with Gasteiger partial charge in [0.15, 0.2) is 5.78 Å². The molecule has 0 bridgehead atoms. The van der Waals surface area contributed by atoms with Gasteiger partial charge in [-0.2, -0.15) is 26.0 Å². The molecular weight excluding hydrogens is 818 g/mol. The molecule has 0 unspecified atom stereocenters. The molecular formula is C30H37Cl2F3N2O4U. The van der Waals surface area contributed by atoms with E-state index in [0.717, 1.165) is 44.6 Å². The number of nitrogens with one attached hydrogen (secondary N) is 1. The van der Waals surface area contributed by atoms with Gasteiger partial charge >= 0.3 is 43.3 Å². The first-order valence-electron chi connectivity index (χ1n) is 13.5. The molecule has 6 nitrogen and oxygen atoms in total. The molecule has 1 aromatic rings. The van der Waals surface area contributed by atoms with Gasteiger partial charge in [0.1, 0.15) is 5.91 Å². The van der Waals surface area contributed by atoms with E-state index in [2.05, 4.69) is 6.42 Å². The van der Waals surface area contributed by atoms with Crippen molar-refractivity contribution in [2.75, 3.05) is 13.1 Å². The van der Waals surface area contributed by atoms with Gasteiger partial charge in [0, 0.05) is 19.5 Å². The molecule has 2 aliphatic carbocycles. The van der Waals surface area contributed by atoms with Crippen LogP contribution in [0.5, 0.6) is 0 Å². The molecule has 1 amide bonds. The van der Waals surface area contributed by atoms with Gasteiger partial charge < -0.3 is 26.6 Å². The van der Waals surface area contributed by atoms with Crippen LogP contribution < -0.4 is 0 Å². The Bertz CT molecular complexity index is 1130. The zero-order valence-corrected chi connectivity index (χ0v) is 29.7. The Balaban J connectivity index is 0.000000617. The summed E-state index contributed by atoms with van der Waals surface area (Å²) in [6.45, 7) is 6.35. The third-order valence-electron chi connectivity index (χ3n) is 7.72. The molecule has 2 aliphatic rings. The van der Waals surface area contributed by atoms with Crippen molar-refractivity contribution in [3.63, 3.8) is 0 Å². The van der Waals surface area contributed by atoms with Crippen LogP contribution in [0.4, 0.5) is 13.2 Å². The van der Waals surface area contributed by atoms with Crippen molar-refractivity contribution < 1.29 is 63.8 Å². The maximum atomic E-state index is 12.7. The first-order chi connectivity index (χ1) is 19.0. The molecule has 42 heavy (non-hydrogen) atoms. The number of alkyl halides is 3. The van der Waals surface area contributed by atoms with E-state index in [-0.39, 0.29) is 95.2 Å². The number of carboxylic acids is 1. The molecule has 0 aromatic heterocycles. The van der Waals surface area contributed by atoms with Gasteiger partial charge in [-0.25, -0.2) is 0 Å². The number of hydrogen-bond acceptors (Lipinski definition) is 4. The third kappa shape index (κ3) is 11.6. The number of amides is 1. The molecule has 1 atom stereocenters. The van der Waals surface area contributed by atoms with Crippen LogP contribution in [0.3, 0.4) is 0 Å². The standard InChI is InChI=1S/C21H22Cl2F3N2O2.C9H15O2.U/c1-20(8-4-9-20)13-28(19(30)14(12-27)11-21(24,25)26)10-3-7-17(29)18-15(22)5-2-6-16(18)23;1-9(2)6-4-3-5-7(9)8(10)11;/h2,5-6,12,27H,3-4,7-10,13H2,1H3;4,7H,3,5-6H2,1-2H3,(H,10,11);/q2*-1;+2/t;7-;/m.0./s1. The van der Waals surface area contributed by atoms with Gasteiger partial charge in [0.2, 0.25) is 0 Å². The number of halogens is 5. The van der Waals surface area contributed by atoms with Gasteiger partial charge in [-0.1, -0.05) is 75.2 Å². The number of aliphatic carboxylic acids is 1. The number of carbonyl (C=O) groups excluding carboxylic acids is 2. The van der Waals surface area contributed by atoms with E-state index < -0.39 is 23.6 Å². The summed E-state index contributed by atoms with van der Waals surface area (Å²) in [4.78, 5) is 37.2. The molecule has 1 aromatic carbocycles. The third-order valence-corrected chi connectivity index (χ3v) is 8.35. The Labute approximate surface area is 279 Å².